The zero-order chi connectivity index (χ0) is 24.5. The monoisotopic (exact) mass is 474 g/mol. The molecule has 0 spiro atoms. The second-order valence-corrected chi connectivity index (χ2v) is 12.9. The standard InChI is InChI=1S/C31H42N2O2/c1-19-7-5-6-8-23(19)29-18-28(32-33(29)20(2)34)27-12-11-25-24-10-9-21-17-22(35)13-15-30(21,3)26(24)14-16-31(25,27)4/h5-9,22,24-27,29,35H,10-18H2,1-4H3/t22?,24?,25?,26?,27?,29?,30-,31-/m0/s1. The molecule has 6 unspecified atom stereocenters. The van der Waals surface area contributed by atoms with Gasteiger partial charge in [-0.05, 0) is 98.0 Å². The first-order valence-corrected chi connectivity index (χ1v) is 14.0. The van der Waals surface area contributed by atoms with Crippen LogP contribution in [0.15, 0.2) is 41.0 Å². The zero-order valence-corrected chi connectivity index (χ0v) is 22.0. The van der Waals surface area contributed by atoms with Crippen molar-refractivity contribution in [3.05, 3.63) is 47.0 Å². The largest absolute Gasteiger partial charge is 0.393 e. The van der Waals surface area contributed by atoms with E-state index in [2.05, 4.69) is 51.1 Å². The highest BCUT2D eigenvalue weighted by Gasteiger charge is 2.59. The van der Waals surface area contributed by atoms with E-state index in [1.165, 1.54) is 48.9 Å². The Morgan fingerprint density at radius 3 is 2.63 bits per heavy atom. The van der Waals surface area contributed by atoms with Crippen LogP contribution in [0.4, 0.5) is 0 Å². The second-order valence-electron chi connectivity index (χ2n) is 12.9. The number of carbonyl (C=O) groups is 1. The Morgan fingerprint density at radius 1 is 1.06 bits per heavy atom. The fourth-order valence-corrected chi connectivity index (χ4v) is 9.43. The zero-order valence-electron chi connectivity index (χ0n) is 22.0. The van der Waals surface area contributed by atoms with E-state index in [1.807, 2.05) is 0 Å². The third-order valence-corrected chi connectivity index (χ3v) is 11.3. The number of hydrogen-bond acceptors (Lipinski definition) is 3. The van der Waals surface area contributed by atoms with Crippen LogP contribution in [0.2, 0.25) is 0 Å². The Labute approximate surface area is 210 Å². The number of allylic oxidation sites excluding steroid dienone is 1. The Kier molecular flexibility index (Phi) is 5.56. The number of fused-ring (bicyclic) bond motifs is 5. The van der Waals surface area contributed by atoms with Gasteiger partial charge in [0.2, 0.25) is 5.91 Å². The molecule has 35 heavy (non-hydrogen) atoms. The predicted octanol–water partition coefficient (Wildman–Crippen LogP) is 6.58. The van der Waals surface area contributed by atoms with Crippen molar-refractivity contribution >= 4 is 11.6 Å². The molecule has 1 amide bonds. The van der Waals surface area contributed by atoms with Gasteiger partial charge in [-0.15, -0.1) is 0 Å². The third-order valence-electron chi connectivity index (χ3n) is 11.3. The summed E-state index contributed by atoms with van der Waals surface area (Å²) in [6.45, 7) is 8.88. The molecule has 6 rings (SSSR count). The Bertz CT molecular complexity index is 1090. The van der Waals surface area contributed by atoms with Crippen molar-refractivity contribution in [1.29, 1.82) is 0 Å². The maximum absolute atomic E-state index is 12.6. The van der Waals surface area contributed by atoms with Crippen molar-refractivity contribution < 1.29 is 9.90 Å². The van der Waals surface area contributed by atoms with Gasteiger partial charge in [0.1, 0.15) is 0 Å². The van der Waals surface area contributed by atoms with Gasteiger partial charge in [0.25, 0.3) is 0 Å². The van der Waals surface area contributed by atoms with Gasteiger partial charge in [-0.1, -0.05) is 49.8 Å². The van der Waals surface area contributed by atoms with Gasteiger partial charge in [-0.2, -0.15) is 5.10 Å². The maximum Gasteiger partial charge on any atom is 0.240 e. The molecule has 4 nitrogen and oxygen atoms in total. The van der Waals surface area contributed by atoms with Crippen LogP contribution in [0.1, 0.15) is 95.7 Å². The number of carbonyl (C=O) groups excluding carboxylic acids is 1. The van der Waals surface area contributed by atoms with Crippen molar-refractivity contribution in [3.8, 4) is 0 Å². The van der Waals surface area contributed by atoms with Crippen LogP contribution >= 0.6 is 0 Å². The van der Waals surface area contributed by atoms with Crippen molar-refractivity contribution in [2.24, 2.45) is 39.6 Å². The summed E-state index contributed by atoms with van der Waals surface area (Å²) < 4.78 is 0. The van der Waals surface area contributed by atoms with Gasteiger partial charge in [0, 0.05) is 25.0 Å². The fraction of sp³-hybridized carbons (Fsp3) is 0.677. The normalized spacial score (nSPS) is 42.6. The summed E-state index contributed by atoms with van der Waals surface area (Å²) >= 11 is 0. The molecule has 0 radical (unpaired) electrons. The highest BCUT2D eigenvalue weighted by molar-refractivity contribution is 5.92. The van der Waals surface area contributed by atoms with Crippen molar-refractivity contribution in [2.45, 2.75) is 97.6 Å². The minimum atomic E-state index is -0.138. The van der Waals surface area contributed by atoms with Crippen LogP contribution in [0, 0.1) is 41.4 Å². The molecule has 1 aromatic rings. The minimum Gasteiger partial charge on any atom is -0.393 e. The first-order valence-electron chi connectivity index (χ1n) is 14.0. The molecule has 188 valence electrons. The molecule has 0 aromatic heterocycles. The fourth-order valence-electron chi connectivity index (χ4n) is 9.43. The highest BCUT2D eigenvalue weighted by Crippen LogP contribution is 2.66. The number of hydrazone groups is 1. The Balaban J connectivity index is 1.28. The lowest BCUT2D eigenvalue weighted by molar-refractivity contribution is -0.130. The van der Waals surface area contributed by atoms with Gasteiger partial charge in [0.05, 0.1) is 12.1 Å². The summed E-state index contributed by atoms with van der Waals surface area (Å²) in [5.74, 6) is 2.77. The Hall–Kier alpha value is -1.94. The van der Waals surface area contributed by atoms with Crippen LogP contribution in [0.3, 0.4) is 0 Å². The van der Waals surface area contributed by atoms with E-state index in [4.69, 9.17) is 5.10 Å². The number of aliphatic hydroxyl groups excluding tert-OH is 1. The van der Waals surface area contributed by atoms with E-state index in [1.54, 1.807) is 17.5 Å². The SMILES string of the molecule is CC(=O)N1N=C(C2CCC3C4CC=C5CC(O)CC[C@]5(C)C4CC[C@]23C)CC1c1ccccc1C. The number of hydrogen-bond donors (Lipinski definition) is 1. The van der Waals surface area contributed by atoms with Gasteiger partial charge >= 0.3 is 0 Å². The first-order chi connectivity index (χ1) is 16.7. The second kappa shape index (κ2) is 8.30. The first kappa shape index (κ1) is 23.5. The number of aliphatic hydroxyl groups is 1. The average molecular weight is 475 g/mol. The maximum atomic E-state index is 12.6. The van der Waals surface area contributed by atoms with Gasteiger partial charge in [-0.3, -0.25) is 4.79 Å². The molecule has 8 atom stereocenters. The van der Waals surface area contributed by atoms with E-state index in [0.29, 0.717) is 5.92 Å². The number of benzene rings is 1. The van der Waals surface area contributed by atoms with Gasteiger partial charge in [0.15, 0.2) is 0 Å². The quantitative estimate of drug-likeness (QED) is 0.492. The summed E-state index contributed by atoms with van der Waals surface area (Å²) in [7, 11) is 0. The smallest absolute Gasteiger partial charge is 0.240 e. The van der Waals surface area contributed by atoms with Crippen molar-refractivity contribution in [2.75, 3.05) is 0 Å². The molecule has 1 aromatic carbocycles. The van der Waals surface area contributed by atoms with E-state index in [9.17, 15) is 9.90 Å². The van der Waals surface area contributed by atoms with E-state index in [-0.39, 0.29) is 28.9 Å². The molecule has 1 aliphatic heterocycles. The van der Waals surface area contributed by atoms with Crippen LogP contribution in [0.5, 0.6) is 0 Å². The number of aryl methyl sites for hydroxylation is 1. The van der Waals surface area contributed by atoms with Crippen molar-refractivity contribution in [3.63, 3.8) is 0 Å². The number of rotatable bonds is 2. The summed E-state index contributed by atoms with van der Waals surface area (Å²) in [5, 5.41) is 17.1. The van der Waals surface area contributed by atoms with Crippen molar-refractivity contribution in [1.82, 2.24) is 5.01 Å². The molecule has 4 heteroatoms. The molecule has 5 aliphatic rings. The highest BCUT2D eigenvalue weighted by atomic mass is 16.3. The summed E-state index contributed by atoms with van der Waals surface area (Å²) in [6, 6.07) is 8.52. The van der Waals surface area contributed by atoms with Crippen LogP contribution < -0.4 is 0 Å². The van der Waals surface area contributed by atoms with E-state index >= 15 is 0 Å². The van der Waals surface area contributed by atoms with Gasteiger partial charge in [-0.25, -0.2) is 5.01 Å². The molecule has 3 saturated carbocycles. The average Bonchev–Trinajstić information content (AvgIpc) is 3.41. The molecule has 0 saturated heterocycles. The molecule has 1 heterocycles. The topological polar surface area (TPSA) is 52.9 Å². The molecule has 4 aliphatic carbocycles. The minimum absolute atomic E-state index is 0.0374. The predicted molar refractivity (Wildman–Crippen MR) is 140 cm³/mol. The summed E-state index contributed by atoms with van der Waals surface area (Å²) in [4.78, 5) is 12.6. The third kappa shape index (κ3) is 3.49. The van der Waals surface area contributed by atoms with Gasteiger partial charge < -0.3 is 5.11 Å². The van der Waals surface area contributed by atoms with E-state index < -0.39 is 0 Å². The van der Waals surface area contributed by atoms with E-state index in [0.717, 1.165) is 43.4 Å². The molecular formula is C31H42N2O2. The molecule has 0 bridgehead atoms. The summed E-state index contributed by atoms with van der Waals surface area (Å²) in [5.41, 5.74) is 5.87. The van der Waals surface area contributed by atoms with Crippen LogP contribution in [-0.2, 0) is 4.79 Å². The van der Waals surface area contributed by atoms with Crippen LogP contribution in [-0.4, -0.2) is 27.8 Å². The lowest BCUT2D eigenvalue weighted by Gasteiger charge is -2.58. The molecule has 3 fully saturated rings. The Morgan fingerprint density at radius 2 is 1.86 bits per heavy atom. The molecular weight excluding hydrogens is 432 g/mol. The molecule has 1 N–H and O–H groups in total. The number of nitrogens with zero attached hydrogens (tertiary/aromatic N) is 2. The lowest BCUT2D eigenvalue weighted by Crippen LogP contribution is -2.51. The number of amides is 1. The summed E-state index contributed by atoms with van der Waals surface area (Å²) in [6.07, 6.45) is 12.5. The van der Waals surface area contributed by atoms with Crippen LogP contribution in [0.25, 0.3) is 0 Å². The lowest BCUT2D eigenvalue weighted by atomic mass is 9.47.